The van der Waals surface area contributed by atoms with Crippen molar-refractivity contribution in [2.45, 2.75) is 32.0 Å². The first-order valence-electron chi connectivity index (χ1n) is 10.6. The average molecular weight is 505 g/mol. The number of hydrogen-bond acceptors (Lipinski definition) is 5. The lowest BCUT2D eigenvalue weighted by Crippen LogP contribution is -2.29. The zero-order valence-electron chi connectivity index (χ0n) is 17.9. The molecule has 3 heterocycles. The molecule has 0 radical (unpaired) electrons. The summed E-state index contributed by atoms with van der Waals surface area (Å²) in [5.74, 6) is -0.751. The first-order chi connectivity index (χ1) is 15.9. The summed E-state index contributed by atoms with van der Waals surface area (Å²) in [4.78, 5) is 31.9. The average Bonchev–Trinajstić information content (AvgIpc) is 3.31. The van der Waals surface area contributed by atoms with Gasteiger partial charge in [0, 0.05) is 35.4 Å². The summed E-state index contributed by atoms with van der Waals surface area (Å²) in [6.07, 6.45) is 4.11. The van der Waals surface area contributed by atoms with Gasteiger partial charge in [-0.2, -0.15) is 0 Å². The number of hydrogen-bond donors (Lipinski definition) is 1. The lowest BCUT2D eigenvalue weighted by molar-refractivity contribution is -0.140. The van der Waals surface area contributed by atoms with Crippen LogP contribution in [0.3, 0.4) is 0 Å². The van der Waals surface area contributed by atoms with Gasteiger partial charge in [-0.1, -0.05) is 34.1 Å². The minimum absolute atomic E-state index is 0.0604. The minimum atomic E-state index is -0.721. The number of likely N-dealkylation sites (tertiary alicyclic amines) is 1. The molecule has 0 bridgehead atoms. The van der Waals surface area contributed by atoms with Crippen LogP contribution in [0.5, 0.6) is 5.75 Å². The van der Waals surface area contributed by atoms with Gasteiger partial charge in [0.15, 0.2) is 0 Å². The fourth-order valence-electron chi connectivity index (χ4n) is 4.45. The van der Waals surface area contributed by atoms with E-state index >= 15 is 0 Å². The van der Waals surface area contributed by atoms with E-state index in [1.807, 2.05) is 43.3 Å². The number of benzene rings is 2. The smallest absolute Gasteiger partial charge is 0.295 e. The number of nitrogens with zero attached hydrogens (tertiary/aromatic N) is 2. The second-order valence-electron chi connectivity index (χ2n) is 8.29. The Balaban J connectivity index is 1.62. The maximum Gasteiger partial charge on any atom is 0.295 e. The van der Waals surface area contributed by atoms with Crippen LogP contribution < -0.4 is 4.74 Å². The fourth-order valence-corrected chi connectivity index (χ4v) is 4.71. The Morgan fingerprint density at radius 1 is 1.18 bits per heavy atom. The highest BCUT2D eigenvalue weighted by Crippen LogP contribution is 2.41. The van der Waals surface area contributed by atoms with Gasteiger partial charge in [-0.05, 0) is 60.0 Å². The number of aliphatic hydroxyl groups is 1. The number of carbonyl (C=O) groups excluding carboxylic acids is 2. The van der Waals surface area contributed by atoms with E-state index in [1.54, 1.807) is 30.6 Å². The van der Waals surface area contributed by atoms with Crippen LogP contribution in [-0.2, 0) is 22.6 Å². The number of halogens is 1. The molecule has 33 heavy (non-hydrogen) atoms. The molecule has 3 aromatic rings. The lowest BCUT2D eigenvalue weighted by Gasteiger charge is -2.25. The van der Waals surface area contributed by atoms with Gasteiger partial charge in [-0.15, -0.1) is 0 Å². The third kappa shape index (κ3) is 3.93. The van der Waals surface area contributed by atoms with Crippen molar-refractivity contribution in [3.63, 3.8) is 0 Å². The maximum atomic E-state index is 13.2. The van der Waals surface area contributed by atoms with E-state index < -0.39 is 17.7 Å². The predicted octanol–water partition coefficient (Wildman–Crippen LogP) is 4.79. The van der Waals surface area contributed by atoms with Crippen LogP contribution in [0.25, 0.3) is 5.76 Å². The zero-order valence-corrected chi connectivity index (χ0v) is 19.5. The van der Waals surface area contributed by atoms with Crippen molar-refractivity contribution in [2.75, 3.05) is 0 Å². The van der Waals surface area contributed by atoms with E-state index in [4.69, 9.17) is 4.74 Å². The Bertz CT molecular complexity index is 1270. The van der Waals surface area contributed by atoms with Crippen molar-refractivity contribution >= 4 is 33.4 Å². The van der Waals surface area contributed by atoms with Crippen molar-refractivity contribution in [3.05, 3.63) is 99.3 Å². The van der Waals surface area contributed by atoms with Gasteiger partial charge in [0.1, 0.15) is 17.6 Å². The van der Waals surface area contributed by atoms with E-state index in [2.05, 4.69) is 20.9 Å². The molecule has 1 amide bonds. The molecular weight excluding hydrogens is 484 g/mol. The molecule has 2 aliphatic heterocycles. The number of carbonyl (C=O) groups is 2. The number of aromatic nitrogens is 1. The summed E-state index contributed by atoms with van der Waals surface area (Å²) in [6.45, 7) is 2.18. The number of aliphatic hydroxyl groups excluding tert-OH is 1. The number of rotatable bonds is 4. The lowest BCUT2D eigenvalue weighted by atomic mass is 9.94. The quantitative estimate of drug-likeness (QED) is 0.314. The molecule has 2 aliphatic rings. The molecule has 2 atom stereocenters. The number of fused-ring (bicyclic) bond motifs is 1. The van der Waals surface area contributed by atoms with Crippen LogP contribution in [0.4, 0.5) is 0 Å². The highest BCUT2D eigenvalue weighted by atomic mass is 79.9. The van der Waals surface area contributed by atoms with Gasteiger partial charge >= 0.3 is 0 Å². The van der Waals surface area contributed by atoms with E-state index in [-0.39, 0.29) is 24.0 Å². The van der Waals surface area contributed by atoms with Gasteiger partial charge < -0.3 is 14.7 Å². The second kappa shape index (κ2) is 8.48. The van der Waals surface area contributed by atoms with Crippen molar-refractivity contribution in [2.24, 2.45) is 0 Å². The van der Waals surface area contributed by atoms with Crippen LogP contribution in [0, 0.1) is 0 Å². The highest BCUT2D eigenvalue weighted by Gasteiger charge is 2.46. The molecule has 7 heteroatoms. The number of pyridine rings is 1. The topological polar surface area (TPSA) is 79.7 Å². The maximum absolute atomic E-state index is 13.2. The molecule has 2 unspecified atom stereocenters. The summed E-state index contributed by atoms with van der Waals surface area (Å²) in [5, 5.41) is 11.3. The molecule has 0 saturated carbocycles. The minimum Gasteiger partial charge on any atom is -0.507 e. The number of ketones is 1. The first kappa shape index (κ1) is 21.4. The largest absolute Gasteiger partial charge is 0.507 e. The number of amides is 1. The monoisotopic (exact) mass is 504 g/mol. The standard InChI is InChI=1S/C26H21BrN2O4/c1-15-11-19-12-18(6-9-21(19)33-15)24(30)22-23(17-4-7-20(27)8-5-17)29(26(32)25(22)31)14-16-3-2-10-28-13-16/h2-10,12-13,15,23,30H,11,14H2,1H3. The Hall–Kier alpha value is -3.45. The third-order valence-electron chi connectivity index (χ3n) is 5.97. The molecule has 6 nitrogen and oxygen atoms in total. The Morgan fingerprint density at radius 3 is 2.70 bits per heavy atom. The molecule has 1 aromatic heterocycles. The SMILES string of the molecule is CC1Cc2cc(C(O)=C3C(=O)C(=O)N(Cc4cccnc4)C3c3ccc(Br)cc3)ccc2O1. The van der Waals surface area contributed by atoms with Crippen LogP contribution in [0.2, 0.25) is 0 Å². The van der Waals surface area contributed by atoms with E-state index in [9.17, 15) is 14.7 Å². The molecule has 166 valence electrons. The van der Waals surface area contributed by atoms with Crippen LogP contribution in [0.1, 0.15) is 35.2 Å². The molecule has 1 N–H and O–H groups in total. The molecule has 1 saturated heterocycles. The molecule has 0 spiro atoms. The molecule has 0 aliphatic carbocycles. The fraction of sp³-hybridized carbons (Fsp3) is 0.192. The highest BCUT2D eigenvalue weighted by molar-refractivity contribution is 9.10. The molecule has 1 fully saturated rings. The third-order valence-corrected chi connectivity index (χ3v) is 6.50. The van der Waals surface area contributed by atoms with Crippen molar-refractivity contribution < 1.29 is 19.4 Å². The Labute approximate surface area is 199 Å². The van der Waals surface area contributed by atoms with Crippen molar-refractivity contribution in [1.82, 2.24) is 9.88 Å². The molecule has 2 aromatic carbocycles. The van der Waals surface area contributed by atoms with Crippen LogP contribution >= 0.6 is 15.9 Å². The number of Topliss-reactive ketones (excluding diaryl/α,β-unsaturated/α-hetero) is 1. The van der Waals surface area contributed by atoms with E-state index in [1.165, 1.54) is 4.90 Å². The summed E-state index contributed by atoms with van der Waals surface area (Å²) < 4.78 is 6.63. The van der Waals surface area contributed by atoms with E-state index in [0.717, 1.165) is 33.3 Å². The van der Waals surface area contributed by atoms with E-state index in [0.29, 0.717) is 5.56 Å². The summed E-state index contributed by atoms with van der Waals surface area (Å²) >= 11 is 3.43. The van der Waals surface area contributed by atoms with Crippen LogP contribution in [0.15, 0.2) is 77.0 Å². The molecule has 5 rings (SSSR count). The van der Waals surface area contributed by atoms with Crippen molar-refractivity contribution in [1.29, 1.82) is 0 Å². The van der Waals surface area contributed by atoms with Gasteiger partial charge in [-0.3, -0.25) is 14.6 Å². The van der Waals surface area contributed by atoms with Gasteiger partial charge in [0.2, 0.25) is 0 Å². The Morgan fingerprint density at radius 2 is 1.97 bits per heavy atom. The van der Waals surface area contributed by atoms with Gasteiger partial charge in [-0.25, -0.2) is 0 Å². The predicted molar refractivity (Wildman–Crippen MR) is 126 cm³/mol. The van der Waals surface area contributed by atoms with Crippen molar-refractivity contribution in [3.8, 4) is 5.75 Å². The Kier molecular flexibility index (Phi) is 5.50. The normalized spacial score (nSPS) is 21.2. The van der Waals surface area contributed by atoms with Crippen LogP contribution in [-0.4, -0.2) is 32.8 Å². The van der Waals surface area contributed by atoms with Gasteiger partial charge in [0.05, 0.1) is 11.6 Å². The van der Waals surface area contributed by atoms with Gasteiger partial charge in [0.25, 0.3) is 11.7 Å². The first-order valence-corrected chi connectivity index (χ1v) is 11.4. The zero-order chi connectivity index (χ0) is 23.1. The number of ether oxygens (including phenoxy) is 1. The summed E-state index contributed by atoms with van der Waals surface area (Å²) in [6, 6.07) is 15.7. The summed E-state index contributed by atoms with van der Waals surface area (Å²) in [7, 11) is 0. The molecular formula is C26H21BrN2O4. The summed E-state index contributed by atoms with van der Waals surface area (Å²) in [5.41, 5.74) is 3.08. The second-order valence-corrected chi connectivity index (χ2v) is 9.21.